The van der Waals surface area contributed by atoms with Gasteiger partial charge < -0.3 is 16.4 Å². The van der Waals surface area contributed by atoms with E-state index in [1.165, 1.54) is 0 Å². The van der Waals surface area contributed by atoms with Gasteiger partial charge in [0.25, 0.3) is 5.91 Å². The topological polar surface area (TPSA) is 84.2 Å². The van der Waals surface area contributed by atoms with Gasteiger partial charge in [-0.3, -0.25) is 9.59 Å². The van der Waals surface area contributed by atoms with E-state index in [1.54, 1.807) is 0 Å². The summed E-state index contributed by atoms with van der Waals surface area (Å²) in [4.78, 5) is 22.8. The Bertz CT molecular complexity index is 478. The predicted molar refractivity (Wildman–Crippen MR) is 73.1 cm³/mol. The fraction of sp³-hybridized carbons (Fsp3) is 0.333. The van der Waals surface area contributed by atoms with Crippen molar-refractivity contribution in [3.63, 3.8) is 0 Å². The Kier molecular flexibility index (Phi) is 7.75. The van der Waals surface area contributed by atoms with Crippen molar-refractivity contribution in [1.82, 2.24) is 10.6 Å². The second-order valence-corrected chi connectivity index (χ2v) is 3.90. The molecule has 0 aliphatic heterocycles. The van der Waals surface area contributed by atoms with Crippen LogP contribution in [0.5, 0.6) is 0 Å². The Morgan fingerprint density at radius 2 is 1.67 bits per heavy atom. The van der Waals surface area contributed by atoms with Crippen molar-refractivity contribution in [2.45, 2.75) is 6.18 Å². The number of benzene rings is 1. The second kappa shape index (κ2) is 8.48. The highest BCUT2D eigenvalue weighted by atomic mass is 35.5. The lowest BCUT2D eigenvalue weighted by Crippen LogP contribution is -2.38. The summed E-state index contributed by atoms with van der Waals surface area (Å²) in [6, 6.07) is 3.72. The van der Waals surface area contributed by atoms with Gasteiger partial charge in [-0.25, -0.2) is 0 Å². The van der Waals surface area contributed by atoms with Crippen LogP contribution in [0, 0.1) is 0 Å². The standard InChI is InChI=1S/C12H14F3N3O2.ClH/c13-12(14,15)9-3-1-8(2-4-9)11(20)18-7-10(19)17-6-5-16;/h1-4H,5-7,16H2,(H,17,19)(H,18,20);1H. The van der Waals surface area contributed by atoms with Gasteiger partial charge in [-0.2, -0.15) is 13.2 Å². The lowest BCUT2D eigenvalue weighted by molar-refractivity contribution is -0.137. The SMILES string of the molecule is Cl.NCCNC(=O)CNC(=O)c1ccc(C(F)(F)F)cc1. The van der Waals surface area contributed by atoms with E-state index >= 15 is 0 Å². The molecule has 1 rings (SSSR count). The fourth-order valence-corrected chi connectivity index (χ4v) is 1.35. The van der Waals surface area contributed by atoms with E-state index in [-0.39, 0.29) is 37.6 Å². The molecule has 0 radical (unpaired) electrons. The summed E-state index contributed by atoms with van der Waals surface area (Å²) in [6.45, 7) is 0.299. The van der Waals surface area contributed by atoms with Gasteiger partial charge in [0.2, 0.25) is 5.91 Å². The summed E-state index contributed by atoms with van der Waals surface area (Å²) >= 11 is 0. The van der Waals surface area contributed by atoms with Gasteiger partial charge in [0.05, 0.1) is 12.1 Å². The Hall–Kier alpha value is -1.80. The van der Waals surface area contributed by atoms with Crippen molar-refractivity contribution < 1.29 is 22.8 Å². The number of amides is 2. The van der Waals surface area contributed by atoms with Gasteiger partial charge in [0.1, 0.15) is 0 Å². The highest BCUT2D eigenvalue weighted by Gasteiger charge is 2.30. The smallest absolute Gasteiger partial charge is 0.353 e. The Balaban J connectivity index is 0.00000400. The van der Waals surface area contributed by atoms with Crippen LogP contribution in [-0.4, -0.2) is 31.4 Å². The van der Waals surface area contributed by atoms with Crippen molar-refractivity contribution >= 4 is 24.2 Å². The quantitative estimate of drug-likeness (QED) is 0.753. The van der Waals surface area contributed by atoms with Crippen molar-refractivity contribution in [2.75, 3.05) is 19.6 Å². The first kappa shape index (κ1) is 19.2. The number of halogens is 4. The molecule has 9 heteroatoms. The minimum absolute atomic E-state index is 0. The number of rotatable bonds is 5. The minimum Gasteiger partial charge on any atom is -0.353 e. The van der Waals surface area contributed by atoms with Crippen LogP contribution < -0.4 is 16.4 Å². The van der Waals surface area contributed by atoms with E-state index in [2.05, 4.69) is 10.6 Å². The lowest BCUT2D eigenvalue weighted by Gasteiger charge is -2.08. The first-order valence-corrected chi connectivity index (χ1v) is 5.77. The molecule has 0 fully saturated rings. The molecule has 5 nitrogen and oxygen atoms in total. The fourth-order valence-electron chi connectivity index (χ4n) is 1.35. The van der Waals surface area contributed by atoms with Crippen LogP contribution in [0.3, 0.4) is 0 Å². The van der Waals surface area contributed by atoms with Crippen LogP contribution in [0.25, 0.3) is 0 Å². The third kappa shape index (κ3) is 6.46. The van der Waals surface area contributed by atoms with Crippen molar-refractivity contribution in [1.29, 1.82) is 0 Å². The van der Waals surface area contributed by atoms with Crippen LogP contribution in [0.4, 0.5) is 13.2 Å². The third-order valence-corrected chi connectivity index (χ3v) is 2.35. The molecule has 0 saturated heterocycles. The largest absolute Gasteiger partial charge is 0.416 e. The number of nitrogens with two attached hydrogens (primary N) is 1. The number of carbonyl (C=O) groups excluding carboxylic acids is 2. The third-order valence-electron chi connectivity index (χ3n) is 2.35. The molecule has 1 aromatic carbocycles. The van der Waals surface area contributed by atoms with Gasteiger partial charge in [-0.05, 0) is 24.3 Å². The zero-order chi connectivity index (χ0) is 15.2. The minimum atomic E-state index is -4.45. The Morgan fingerprint density at radius 3 is 2.14 bits per heavy atom. The Labute approximate surface area is 125 Å². The molecule has 0 aromatic heterocycles. The highest BCUT2D eigenvalue weighted by Crippen LogP contribution is 2.28. The number of alkyl halides is 3. The molecule has 118 valence electrons. The van der Waals surface area contributed by atoms with E-state index in [0.29, 0.717) is 0 Å². The number of nitrogens with one attached hydrogen (secondary N) is 2. The molecule has 2 amide bonds. The summed E-state index contributed by atoms with van der Waals surface area (Å²) in [7, 11) is 0. The first-order valence-electron chi connectivity index (χ1n) is 5.77. The van der Waals surface area contributed by atoms with Crippen LogP contribution >= 0.6 is 12.4 Å². The van der Waals surface area contributed by atoms with Crippen molar-refractivity contribution in [3.05, 3.63) is 35.4 Å². The average Bonchev–Trinajstić information content (AvgIpc) is 2.41. The van der Waals surface area contributed by atoms with Crippen LogP contribution in [-0.2, 0) is 11.0 Å². The summed E-state index contributed by atoms with van der Waals surface area (Å²) in [5.74, 6) is -1.04. The molecule has 0 saturated carbocycles. The highest BCUT2D eigenvalue weighted by molar-refractivity contribution is 5.96. The van der Waals surface area contributed by atoms with Gasteiger partial charge in [-0.1, -0.05) is 0 Å². The number of hydrogen-bond acceptors (Lipinski definition) is 3. The first-order chi connectivity index (χ1) is 9.34. The maximum absolute atomic E-state index is 12.3. The molecule has 0 aliphatic carbocycles. The number of hydrogen-bond donors (Lipinski definition) is 3. The molecular formula is C12H15ClF3N3O2. The predicted octanol–water partition coefficient (Wildman–Crippen LogP) is 0.932. The van der Waals surface area contributed by atoms with E-state index in [4.69, 9.17) is 5.73 Å². The molecule has 0 atom stereocenters. The monoisotopic (exact) mass is 325 g/mol. The molecule has 0 unspecified atom stereocenters. The molecule has 0 heterocycles. The molecule has 0 bridgehead atoms. The molecular weight excluding hydrogens is 311 g/mol. The lowest BCUT2D eigenvalue weighted by atomic mass is 10.1. The zero-order valence-electron chi connectivity index (χ0n) is 10.9. The average molecular weight is 326 g/mol. The van der Waals surface area contributed by atoms with Gasteiger partial charge in [0.15, 0.2) is 0 Å². The van der Waals surface area contributed by atoms with Crippen LogP contribution in [0.1, 0.15) is 15.9 Å². The second-order valence-electron chi connectivity index (χ2n) is 3.90. The van der Waals surface area contributed by atoms with Gasteiger partial charge >= 0.3 is 6.18 Å². The molecule has 21 heavy (non-hydrogen) atoms. The summed E-state index contributed by atoms with van der Waals surface area (Å²) in [5.41, 5.74) is 4.39. The van der Waals surface area contributed by atoms with Crippen LogP contribution in [0.2, 0.25) is 0 Å². The summed E-state index contributed by atoms with van der Waals surface area (Å²) in [6.07, 6.45) is -4.45. The van der Waals surface area contributed by atoms with Gasteiger partial charge in [-0.15, -0.1) is 12.4 Å². The normalized spacial score (nSPS) is 10.5. The molecule has 0 spiro atoms. The van der Waals surface area contributed by atoms with E-state index in [0.717, 1.165) is 24.3 Å². The van der Waals surface area contributed by atoms with E-state index in [1.807, 2.05) is 0 Å². The maximum Gasteiger partial charge on any atom is 0.416 e. The van der Waals surface area contributed by atoms with E-state index in [9.17, 15) is 22.8 Å². The summed E-state index contributed by atoms with van der Waals surface area (Å²) < 4.78 is 37.0. The number of carbonyl (C=O) groups is 2. The summed E-state index contributed by atoms with van der Waals surface area (Å²) in [5, 5.41) is 4.73. The molecule has 4 N–H and O–H groups in total. The van der Waals surface area contributed by atoms with Crippen molar-refractivity contribution in [2.24, 2.45) is 5.73 Å². The molecule has 0 aliphatic rings. The van der Waals surface area contributed by atoms with Gasteiger partial charge in [0, 0.05) is 18.7 Å². The zero-order valence-corrected chi connectivity index (χ0v) is 11.7. The van der Waals surface area contributed by atoms with E-state index < -0.39 is 23.6 Å². The Morgan fingerprint density at radius 1 is 1.10 bits per heavy atom. The maximum atomic E-state index is 12.3. The van der Waals surface area contributed by atoms with Crippen LogP contribution in [0.15, 0.2) is 24.3 Å². The van der Waals surface area contributed by atoms with Crippen molar-refractivity contribution in [3.8, 4) is 0 Å². The molecule has 1 aromatic rings.